The number of hydrogen-bond acceptors (Lipinski definition) is 4. The van der Waals surface area contributed by atoms with Gasteiger partial charge in [0.1, 0.15) is 23.8 Å². The second-order valence-corrected chi connectivity index (χ2v) is 7.37. The van der Waals surface area contributed by atoms with Gasteiger partial charge in [0.25, 0.3) is 0 Å². The van der Waals surface area contributed by atoms with Crippen LogP contribution in [0.3, 0.4) is 0 Å². The molecule has 0 fully saturated rings. The van der Waals surface area contributed by atoms with E-state index in [9.17, 15) is 0 Å². The number of nitrogens with zero attached hydrogens (tertiary/aromatic N) is 2. The summed E-state index contributed by atoms with van der Waals surface area (Å²) in [6, 6.07) is 16.7. The first kappa shape index (κ1) is 21.0. The molecular formula is C24H22ClFN2O3. The van der Waals surface area contributed by atoms with E-state index >= 15 is 4.39 Å². The van der Waals surface area contributed by atoms with Crippen LogP contribution in [-0.2, 0) is 6.54 Å². The Kier molecular flexibility index (Phi) is 6.28. The minimum atomic E-state index is -0.478. The highest BCUT2D eigenvalue weighted by atomic mass is 35.5. The normalized spacial score (nSPS) is 11.0. The predicted molar refractivity (Wildman–Crippen MR) is 118 cm³/mol. The summed E-state index contributed by atoms with van der Waals surface area (Å²) in [7, 11) is 0. The minimum Gasteiger partial charge on any atom is -0.490 e. The molecule has 7 heteroatoms. The van der Waals surface area contributed by atoms with Crippen molar-refractivity contribution in [1.82, 2.24) is 9.78 Å². The van der Waals surface area contributed by atoms with Crippen LogP contribution in [0.5, 0.6) is 11.6 Å². The summed E-state index contributed by atoms with van der Waals surface area (Å²) in [6.07, 6.45) is 1.61. The van der Waals surface area contributed by atoms with Gasteiger partial charge in [0.2, 0.25) is 11.7 Å². The van der Waals surface area contributed by atoms with E-state index in [0.717, 1.165) is 16.9 Å². The van der Waals surface area contributed by atoms with Crippen LogP contribution in [0.15, 0.2) is 65.3 Å². The molecule has 0 amide bonds. The van der Waals surface area contributed by atoms with Crippen molar-refractivity contribution in [2.45, 2.75) is 20.4 Å². The molecule has 0 N–H and O–H groups in total. The first-order chi connectivity index (χ1) is 15.1. The molecule has 160 valence electrons. The second kappa shape index (κ2) is 9.27. The number of halogens is 2. The standard InChI is InChI=1S/C24H22ClFN2O3/c1-3-29-24-22(26)23(18-7-4-6-16(2)14-18)27-28(24)11-13-31-21-10-9-17(15-19(21)25)20-8-5-12-30-20/h4-10,12,14-15H,3,11,13H2,1-2H3. The lowest BCUT2D eigenvalue weighted by atomic mass is 10.1. The first-order valence-corrected chi connectivity index (χ1v) is 10.4. The minimum absolute atomic E-state index is 0.0990. The van der Waals surface area contributed by atoms with Crippen molar-refractivity contribution in [3.8, 4) is 34.2 Å². The van der Waals surface area contributed by atoms with Crippen molar-refractivity contribution >= 4 is 11.6 Å². The number of rotatable bonds is 8. The Bertz CT molecular complexity index is 1170. The van der Waals surface area contributed by atoms with Crippen LogP contribution in [-0.4, -0.2) is 23.0 Å². The third kappa shape index (κ3) is 4.59. The van der Waals surface area contributed by atoms with E-state index in [1.807, 2.05) is 49.4 Å². The van der Waals surface area contributed by atoms with Gasteiger partial charge in [0, 0.05) is 11.1 Å². The first-order valence-electron chi connectivity index (χ1n) is 9.99. The number of aryl methyl sites for hydroxylation is 1. The third-order valence-corrected chi connectivity index (χ3v) is 5.02. The number of aromatic nitrogens is 2. The average molecular weight is 441 g/mol. The summed E-state index contributed by atoms with van der Waals surface area (Å²) in [5.41, 5.74) is 2.85. The van der Waals surface area contributed by atoms with Crippen molar-refractivity contribution in [2.24, 2.45) is 0 Å². The van der Waals surface area contributed by atoms with Gasteiger partial charge in [-0.05, 0) is 50.2 Å². The highest BCUT2D eigenvalue weighted by Gasteiger charge is 2.21. The maximum atomic E-state index is 15.0. The largest absolute Gasteiger partial charge is 0.490 e. The molecule has 0 aliphatic rings. The van der Waals surface area contributed by atoms with E-state index in [4.69, 9.17) is 25.5 Å². The van der Waals surface area contributed by atoms with Crippen LogP contribution < -0.4 is 9.47 Å². The molecule has 0 spiro atoms. The van der Waals surface area contributed by atoms with Crippen LogP contribution in [0.1, 0.15) is 12.5 Å². The molecule has 31 heavy (non-hydrogen) atoms. The molecule has 0 aliphatic heterocycles. The lowest BCUT2D eigenvalue weighted by Crippen LogP contribution is -2.12. The molecule has 5 nitrogen and oxygen atoms in total. The van der Waals surface area contributed by atoms with Crippen LogP contribution in [0.2, 0.25) is 5.02 Å². The van der Waals surface area contributed by atoms with Gasteiger partial charge in [-0.15, -0.1) is 0 Å². The van der Waals surface area contributed by atoms with Gasteiger partial charge in [0.15, 0.2) is 0 Å². The highest BCUT2D eigenvalue weighted by Crippen LogP contribution is 2.32. The van der Waals surface area contributed by atoms with E-state index in [0.29, 0.717) is 29.5 Å². The van der Waals surface area contributed by atoms with Gasteiger partial charge in [0.05, 0.1) is 24.4 Å². The Balaban J connectivity index is 1.50. The van der Waals surface area contributed by atoms with Gasteiger partial charge in [-0.25, -0.2) is 4.68 Å². The molecule has 0 bridgehead atoms. The molecule has 2 aromatic heterocycles. The fourth-order valence-electron chi connectivity index (χ4n) is 3.28. The summed E-state index contributed by atoms with van der Waals surface area (Å²) in [4.78, 5) is 0. The maximum Gasteiger partial charge on any atom is 0.249 e. The van der Waals surface area contributed by atoms with Gasteiger partial charge in [-0.1, -0.05) is 35.4 Å². The zero-order chi connectivity index (χ0) is 21.8. The molecule has 0 atom stereocenters. The summed E-state index contributed by atoms with van der Waals surface area (Å²) in [5, 5.41) is 4.90. The summed E-state index contributed by atoms with van der Waals surface area (Å²) < 4.78 is 33.2. The lowest BCUT2D eigenvalue weighted by molar-refractivity contribution is 0.253. The Morgan fingerprint density at radius 2 is 1.94 bits per heavy atom. The molecule has 4 rings (SSSR count). The molecule has 0 unspecified atom stereocenters. The van der Waals surface area contributed by atoms with Crippen molar-refractivity contribution in [3.05, 3.63) is 77.3 Å². The fourth-order valence-corrected chi connectivity index (χ4v) is 3.52. The van der Waals surface area contributed by atoms with Crippen molar-refractivity contribution in [3.63, 3.8) is 0 Å². The quantitative estimate of drug-likeness (QED) is 0.318. The molecule has 4 aromatic rings. The second-order valence-electron chi connectivity index (χ2n) is 6.96. The van der Waals surface area contributed by atoms with Gasteiger partial charge in [-0.2, -0.15) is 9.49 Å². The van der Waals surface area contributed by atoms with Crippen LogP contribution >= 0.6 is 11.6 Å². The Morgan fingerprint density at radius 1 is 1.06 bits per heavy atom. The molecule has 0 radical (unpaired) electrons. The fraction of sp³-hybridized carbons (Fsp3) is 0.208. The molecule has 0 saturated carbocycles. The van der Waals surface area contributed by atoms with E-state index < -0.39 is 5.82 Å². The Labute approximate surface area is 185 Å². The summed E-state index contributed by atoms with van der Waals surface area (Å²) in [5.74, 6) is 0.877. The summed E-state index contributed by atoms with van der Waals surface area (Å²) >= 11 is 6.36. The van der Waals surface area contributed by atoms with Gasteiger partial charge in [-0.3, -0.25) is 0 Å². The van der Waals surface area contributed by atoms with Crippen LogP contribution in [0.25, 0.3) is 22.6 Å². The monoisotopic (exact) mass is 440 g/mol. The van der Waals surface area contributed by atoms with Gasteiger partial charge >= 0.3 is 0 Å². The van der Waals surface area contributed by atoms with E-state index in [1.54, 1.807) is 25.3 Å². The van der Waals surface area contributed by atoms with Crippen LogP contribution in [0, 0.1) is 12.7 Å². The molecular weight excluding hydrogens is 419 g/mol. The van der Waals surface area contributed by atoms with Crippen molar-refractivity contribution < 1.29 is 18.3 Å². The third-order valence-electron chi connectivity index (χ3n) is 4.72. The number of furan rings is 1. The van der Waals surface area contributed by atoms with E-state index in [2.05, 4.69) is 5.10 Å². The number of benzene rings is 2. The number of ether oxygens (including phenoxy) is 2. The molecule has 0 aliphatic carbocycles. The smallest absolute Gasteiger partial charge is 0.249 e. The molecule has 2 heterocycles. The van der Waals surface area contributed by atoms with Crippen molar-refractivity contribution in [2.75, 3.05) is 13.2 Å². The van der Waals surface area contributed by atoms with E-state index in [1.165, 1.54) is 4.68 Å². The van der Waals surface area contributed by atoms with Crippen molar-refractivity contribution in [1.29, 1.82) is 0 Å². The SMILES string of the molecule is CCOc1c(F)c(-c2cccc(C)c2)nn1CCOc1ccc(-c2ccco2)cc1Cl. The molecule has 0 saturated heterocycles. The highest BCUT2D eigenvalue weighted by molar-refractivity contribution is 6.32. The topological polar surface area (TPSA) is 49.4 Å². The zero-order valence-electron chi connectivity index (χ0n) is 17.3. The van der Waals surface area contributed by atoms with Crippen LogP contribution in [0.4, 0.5) is 4.39 Å². The number of hydrogen-bond donors (Lipinski definition) is 0. The Morgan fingerprint density at radius 3 is 2.65 bits per heavy atom. The summed E-state index contributed by atoms with van der Waals surface area (Å²) in [6.45, 7) is 4.63. The van der Waals surface area contributed by atoms with Gasteiger partial charge < -0.3 is 13.9 Å². The van der Waals surface area contributed by atoms with E-state index in [-0.39, 0.29) is 18.2 Å². The Hall–Kier alpha value is -3.25. The predicted octanol–water partition coefficient (Wildman–Crippen LogP) is 6.39. The lowest BCUT2D eigenvalue weighted by Gasteiger charge is -2.11. The maximum absolute atomic E-state index is 15.0. The average Bonchev–Trinajstić information content (AvgIpc) is 3.39. The zero-order valence-corrected chi connectivity index (χ0v) is 18.0. The molecule has 2 aromatic carbocycles.